The highest BCUT2D eigenvalue weighted by molar-refractivity contribution is 7.07. The Labute approximate surface area is 108 Å². The number of hydrogen-bond acceptors (Lipinski definition) is 4. The van der Waals surface area contributed by atoms with E-state index >= 15 is 0 Å². The summed E-state index contributed by atoms with van der Waals surface area (Å²) in [5.41, 5.74) is 9.36. The maximum atomic E-state index is 6.10. The molecule has 0 radical (unpaired) electrons. The van der Waals surface area contributed by atoms with E-state index in [1.54, 1.807) is 11.3 Å². The molecule has 2 rings (SSSR count). The maximum absolute atomic E-state index is 6.10. The number of aromatic nitrogens is 1. The van der Waals surface area contributed by atoms with E-state index in [1.165, 1.54) is 31.4 Å². The van der Waals surface area contributed by atoms with Crippen LogP contribution in [-0.4, -0.2) is 29.0 Å². The minimum Gasteiger partial charge on any atom is -0.329 e. The average molecular weight is 253 g/mol. The smallest absolute Gasteiger partial charge is 0.0795 e. The van der Waals surface area contributed by atoms with Gasteiger partial charge in [0.2, 0.25) is 0 Å². The van der Waals surface area contributed by atoms with Gasteiger partial charge in [-0.2, -0.15) is 0 Å². The summed E-state index contributed by atoms with van der Waals surface area (Å²) in [4.78, 5) is 6.81. The Balaban J connectivity index is 2.10. The van der Waals surface area contributed by atoms with Gasteiger partial charge in [-0.1, -0.05) is 19.8 Å². The Morgan fingerprint density at radius 2 is 2.41 bits per heavy atom. The van der Waals surface area contributed by atoms with Gasteiger partial charge < -0.3 is 5.73 Å². The third-order valence-electron chi connectivity index (χ3n) is 4.41. The molecule has 1 aromatic heterocycles. The zero-order valence-corrected chi connectivity index (χ0v) is 11.7. The lowest BCUT2D eigenvalue weighted by Crippen LogP contribution is -2.57. The van der Waals surface area contributed by atoms with E-state index in [2.05, 4.69) is 29.2 Å². The molecule has 1 heterocycles. The van der Waals surface area contributed by atoms with Gasteiger partial charge in [0.05, 0.1) is 11.2 Å². The number of nitrogens with two attached hydrogens (primary N) is 1. The lowest BCUT2D eigenvalue weighted by molar-refractivity contribution is 0.0271. The van der Waals surface area contributed by atoms with E-state index < -0.39 is 0 Å². The molecule has 1 saturated carbocycles. The van der Waals surface area contributed by atoms with Crippen molar-refractivity contribution in [3.8, 4) is 0 Å². The predicted molar refractivity (Wildman–Crippen MR) is 73.0 cm³/mol. The molecule has 0 bridgehead atoms. The van der Waals surface area contributed by atoms with Crippen LogP contribution in [-0.2, 0) is 6.54 Å². The molecule has 1 aromatic rings. The van der Waals surface area contributed by atoms with Crippen LogP contribution in [0.15, 0.2) is 10.9 Å². The molecule has 0 saturated heterocycles. The van der Waals surface area contributed by atoms with Gasteiger partial charge in [0.1, 0.15) is 0 Å². The number of nitrogens with zero attached hydrogens (tertiary/aromatic N) is 2. The van der Waals surface area contributed by atoms with Gasteiger partial charge in [0.15, 0.2) is 0 Å². The topological polar surface area (TPSA) is 42.1 Å². The van der Waals surface area contributed by atoms with Crippen LogP contribution in [0.2, 0.25) is 0 Å². The van der Waals surface area contributed by atoms with Crippen LogP contribution < -0.4 is 5.73 Å². The summed E-state index contributed by atoms with van der Waals surface area (Å²) in [7, 11) is 2.20. The number of likely N-dealkylation sites (N-methyl/N-ethyl adjacent to an activating group) is 1. The van der Waals surface area contributed by atoms with Crippen LogP contribution >= 0.6 is 11.3 Å². The first-order chi connectivity index (χ1) is 8.19. The SMILES string of the molecule is CC1CCCCC1(CN)N(C)Cc1cscn1. The zero-order valence-electron chi connectivity index (χ0n) is 10.9. The highest BCUT2D eigenvalue weighted by atomic mass is 32.1. The number of thiazole rings is 1. The quantitative estimate of drug-likeness (QED) is 0.896. The first kappa shape index (κ1) is 13.0. The van der Waals surface area contributed by atoms with Crippen molar-refractivity contribution in [2.24, 2.45) is 11.7 Å². The Hall–Kier alpha value is -0.450. The van der Waals surface area contributed by atoms with Crippen molar-refractivity contribution in [3.05, 3.63) is 16.6 Å². The van der Waals surface area contributed by atoms with Crippen LogP contribution in [0.3, 0.4) is 0 Å². The van der Waals surface area contributed by atoms with Crippen molar-refractivity contribution in [2.45, 2.75) is 44.7 Å². The summed E-state index contributed by atoms with van der Waals surface area (Å²) in [6, 6.07) is 0. The molecule has 1 fully saturated rings. The van der Waals surface area contributed by atoms with Crippen molar-refractivity contribution in [1.82, 2.24) is 9.88 Å². The molecule has 0 aromatic carbocycles. The molecular weight excluding hydrogens is 230 g/mol. The largest absolute Gasteiger partial charge is 0.329 e. The van der Waals surface area contributed by atoms with E-state index in [0.29, 0.717) is 5.92 Å². The van der Waals surface area contributed by atoms with Gasteiger partial charge in [-0.05, 0) is 25.8 Å². The van der Waals surface area contributed by atoms with E-state index in [4.69, 9.17) is 5.73 Å². The zero-order chi connectivity index (χ0) is 12.3. The average Bonchev–Trinajstić information content (AvgIpc) is 2.82. The second kappa shape index (κ2) is 5.46. The van der Waals surface area contributed by atoms with Gasteiger partial charge in [0, 0.05) is 24.0 Å². The molecule has 2 N–H and O–H groups in total. The van der Waals surface area contributed by atoms with Gasteiger partial charge >= 0.3 is 0 Å². The first-order valence-corrected chi connectivity index (χ1v) is 7.41. The molecule has 0 spiro atoms. The third-order valence-corrected chi connectivity index (χ3v) is 5.05. The van der Waals surface area contributed by atoms with Gasteiger partial charge in [0.25, 0.3) is 0 Å². The van der Waals surface area contributed by atoms with Crippen LogP contribution in [0.25, 0.3) is 0 Å². The second-order valence-electron chi connectivity index (χ2n) is 5.29. The monoisotopic (exact) mass is 253 g/mol. The molecule has 17 heavy (non-hydrogen) atoms. The standard InChI is InChI=1S/C13H23N3S/c1-11-5-3-4-6-13(11,9-14)16(2)7-12-8-17-10-15-12/h8,10-11H,3-7,9,14H2,1-2H3. The van der Waals surface area contributed by atoms with Crippen molar-refractivity contribution >= 4 is 11.3 Å². The molecule has 2 unspecified atom stereocenters. The molecule has 4 heteroatoms. The Kier molecular flexibility index (Phi) is 4.17. The first-order valence-electron chi connectivity index (χ1n) is 6.47. The highest BCUT2D eigenvalue weighted by Crippen LogP contribution is 2.37. The normalized spacial score (nSPS) is 29.8. The molecule has 3 nitrogen and oxygen atoms in total. The molecule has 0 amide bonds. The van der Waals surface area contributed by atoms with Gasteiger partial charge in [-0.15, -0.1) is 11.3 Å². The van der Waals surface area contributed by atoms with Gasteiger partial charge in [-0.25, -0.2) is 4.98 Å². The highest BCUT2D eigenvalue weighted by Gasteiger charge is 2.40. The fourth-order valence-corrected chi connectivity index (χ4v) is 3.69. The second-order valence-corrected chi connectivity index (χ2v) is 6.01. The molecule has 2 atom stereocenters. The molecule has 1 aliphatic rings. The molecule has 0 aliphatic heterocycles. The molecule has 96 valence electrons. The number of rotatable bonds is 4. The predicted octanol–water partition coefficient (Wildman–Crippen LogP) is 2.48. The van der Waals surface area contributed by atoms with Crippen molar-refractivity contribution in [1.29, 1.82) is 0 Å². The van der Waals surface area contributed by atoms with E-state index in [0.717, 1.165) is 13.1 Å². The van der Waals surface area contributed by atoms with E-state index in [9.17, 15) is 0 Å². The van der Waals surface area contributed by atoms with Crippen molar-refractivity contribution < 1.29 is 0 Å². The minimum absolute atomic E-state index is 0.182. The van der Waals surface area contributed by atoms with Gasteiger partial charge in [-0.3, -0.25) is 4.90 Å². The van der Waals surface area contributed by atoms with Crippen LogP contribution in [0.1, 0.15) is 38.3 Å². The summed E-state index contributed by atoms with van der Waals surface area (Å²) in [5.74, 6) is 0.685. The summed E-state index contributed by atoms with van der Waals surface area (Å²) < 4.78 is 0. The van der Waals surface area contributed by atoms with Crippen LogP contribution in [0.5, 0.6) is 0 Å². The lowest BCUT2D eigenvalue weighted by atomic mass is 9.72. The van der Waals surface area contributed by atoms with Crippen LogP contribution in [0, 0.1) is 5.92 Å². The summed E-state index contributed by atoms with van der Waals surface area (Å²) in [6.45, 7) is 4.03. The van der Waals surface area contributed by atoms with Crippen molar-refractivity contribution in [3.63, 3.8) is 0 Å². The third kappa shape index (κ3) is 2.54. The Bertz CT molecular complexity index is 338. The maximum Gasteiger partial charge on any atom is 0.0795 e. The minimum atomic E-state index is 0.182. The lowest BCUT2D eigenvalue weighted by Gasteiger charge is -2.48. The fraction of sp³-hybridized carbons (Fsp3) is 0.769. The van der Waals surface area contributed by atoms with Crippen LogP contribution in [0.4, 0.5) is 0 Å². The van der Waals surface area contributed by atoms with E-state index in [-0.39, 0.29) is 5.54 Å². The summed E-state index contributed by atoms with van der Waals surface area (Å²) in [6.07, 6.45) is 5.19. The van der Waals surface area contributed by atoms with Crippen molar-refractivity contribution in [2.75, 3.05) is 13.6 Å². The summed E-state index contributed by atoms with van der Waals surface area (Å²) in [5, 5.41) is 2.13. The Morgan fingerprint density at radius 1 is 1.59 bits per heavy atom. The Morgan fingerprint density at radius 3 is 3.00 bits per heavy atom. The number of hydrogen-bond donors (Lipinski definition) is 1. The summed E-state index contributed by atoms with van der Waals surface area (Å²) >= 11 is 1.67. The van der Waals surface area contributed by atoms with E-state index in [1.807, 2.05) is 5.51 Å². The fourth-order valence-electron chi connectivity index (χ4n) is 3.14. The molecule has 1 aliphatic carbocycles. The molecular formula is C13H23N3S.